The number of anilines is 1. The molecule has 0 bridgehead atoms. The number of pyridine rings is 1. The molecule has 0 aliphatic rings. The lowest BCUT2D eigenvalue weighted by molar-refractivity contribution is 0.0920. The summed E-state index contributed by atoms with van der Waals surface area (Å²) in [6, 6.07) is 3.40. The third-order valence-corrected chi connectivity index (χ3v) is 3.89. The average Bonchev–Trinajstić information content (AvgIpc) is 2.36. The van der Waals surface area contributed by atoms with Crippen LogP contribution in [0.25, 0.3) is 0 Å². The fourth-order valence-electron chi connectivity index (χ4n) is 1.34. The normalized spacial score (nSPS) is 11.5. The summed E-state index contributed by atoms with van der Waals surface area (Å²) in [7, 11) is 1.75. The molecule has 1 rings (SSSR count). The first-order valence-electron chi connectivity index (χ1n) is 6.40. The van der Waals surface area contributed by atoms with Crippen LogP contribution in [0, 0.1) is 11.3 Å². The van der Waals surface area contributed by atoms with Gasteiger partial charge in [-0.2, -0.15) is 0 Å². The quantitative estimate of drug-likeness (QED) is 0.872. The minimum atomic E-state index is -0.240. The molecule has 0 aliphatic heterocycles. The minimum Gasteiger partial charge on any atom is -0.373 e. The van der Waals surface area contributed by atoms with Crippen molar-refractivity contribution in [3.05, 3.63) is 22.8 Å². The van der Waals surface area contributed by atoms with Crippen molar-refractivity contribution in [3.8, 4) is 0 Å². The second kappa shape index (κ2) is 6.24. The summed E-state index contributed by atoms with van der Waals surface area (Å²) in [6.45, 7) is 9.11. The van der Waals surface area contributed by atoms with E-state index in [1.54, 1.807) is 19.2 Å². The number of hydrogen-bond donors (Lipinski definition) is 2. The van der Waals surface area contributed by atoms with Crippen LogP contribution < -0.4 is 10.6 Å². The molecule has 0 spiro atoms. The number of halogens is 1. The van der Waals surface area contributed by atoms with Crippen molar-refractivity contribution in [1.29, 1.82) is 0 Å². The van der Waals surface area contributed by atoms with Crippen LogP contribution in [-0.4, -0.2) is 24.5 Å². The molecule has 1 aromatic rings. The van der Waals surface area contributed by atoms with Gasteiger partial charge in [-0.05, 0) is 23.5 Å². The van der Waals surface area contributed by atoms with Crippen LogP contribution in [0.2, 0.25) is 5.02 Å². The van der Waals surface area contributed by atoms with Crippen LogP contribution >= 0.6 is 11.6 Å². The van der Waals surface area contributed by atoms with Crippen LogP contribution in [0.15, 0.2) is 12.1 Å². The molecule has 1 heterocycles. The average molecular weight is 284 g/mol. The summed E-state index contributed by atoms with van der Waals surface area (Å²) < 4.78 is 0. The highest BCUT2D eigenvalue weighted by atomic mass is 35.5. The number of amides is 1. The molecule has 0 saturated carbocycles. The molecule has 0 aromatic carbocycles. The molecule has 106 valence electrons. The summed E-state index contributed by atoms with van der Waals surface area (Å²) >= 11 is 6.01. The Morgan fingerprint density at radius 3 is 2.58 bits per heavy atom. The molecule has 1 aromatic heterocycles. The van der Waals surface area contributed by atoms with E-state index < -0.39 is 0 Å². The molecule has 0 saturated heterocycles. The standard InChI is InChI=1S/C14H22ClN3O/c1-9(2)14(3,4)8-17-13(19)12-10(15)6-7-11(16-5)18-12/h6-7,9H,8H2,1-5H3,(H,16,18)(H,17,19). The van der Waals surface area contributed by atoms with Crippen LogP contribution in [-0.2, 0) is 0 Å². The number of carbonyl (C=O) groups excluding carboxylic acids is 1. The number of rotatable bonds is 5. The molecular formula is C14H22ClN3O. The van der Waals surface area contributed by atoms with Gasteiger partial charge < -0.3 is 10.6 Å². The topological polar surface area (TPSA) is 54.0 Å². The Balaban J connectivity index is 2.79. The van der Waals surface area contributed by atoms with Gasteiger partial charge in [-0.25, -0.2) is 4.98 Å². The summed E-state index contributed by atoms with van der Waals surface area (Å²) in [4.78, 5) is 16.3. The van der Waals surface area contributed by atoms with Gasteiger partial charge in [0.2, 0.25) is 0 Å². The number of aromatic nitrogens is 1. The maximum Gasteiger partial charge on any atom is 0.271 e. The number of hydrogen-bond acceptors (Lipinski definition) is 3. The van der Waals surface area contributed by atoms with Crippen molar-refractivity contribution in [1.82, 2.24) is 10.3 Å². The maximum atomic E-state index is 12.1. The Kier molecular flexibility index (Phi) is 5.18. The SMILES string of the molecule is CNc1ccc(Cl)c(C(=O)NCC(C)(C)C(C)C)n1. The molecule has 0 fully saturated rings. The molecule has 1 amide bonds. The first kappa shape index (κ1) is 15.8. The van der Waals surface area contributed by atoms with E-state index in [1.165, 1.54) is 0 Å². The third kappa shape index (κ3) is 4.10. The second-order valence-corrected chi connectivity index (χ2v) is 6.01. The molecule has 0 atom stereocenters. The van der Waals surface area contributed by atoms with Crippen LogP contribution in [0.1, 0.15) is 38.2 Å². The molecule has 5 heteroatoms. The van der Waals surface area contributed by atoms with Gasteiger partial charge in [0.1, 0.15) is 11.5 Å². The molecular weight excluding hydrogens is 262 g/mol. The van der Waals surface area contributed by atoms with Crippen molar-refractivity contribution < 1.29 is 4.79 Å². The first-order valence-corrected chi connectivity index (χ1v) is 6.78. The third-order valence-electron chi connectivity index (χ3n) is 3.58. The second-order valence-electron chi connectivity index (χ2n) is 5.60. The van der Waals surface area contributed by atoms with E-state index in [9.17, 15) is 4.79 Å². The van der Waals surface area contributed by atoms with Gasteiger partial charge in [0.25, 0.3) is 5.91 Å². The van der Waals surface area contributed by atoms with Crippen LogP contribution in [0.5, 0.6) is 0 Å². The van der Waals surface area contributed by atoms with E-state index in [0.717, 1.165) is 0 Å². The lowest BCUT2D eigenvalue weighted by Gasteiger charge is -2.29. The zero-order chi connectivity index (χ0) is 14.6. The van der Waals surface area contributed by atoms with E-state index >= 15 is 0 Å². The Morgan fingerprint density at radius 1 is 1.42 bits per heavy atom. The van der Waals surface area contributed by atoms with Crippen molar-refractivity contribution in [2.75, 3.05) is 18.9 Å². The fraction of sp³-hybridized carbons (Fsp3) is 0.571. The summed E-state index contributed by atoms with van der Waals surface area (Å²) in [5.74, 6) is 0.855. The summed E-state index contributed by atoms with van der Waals surface area (Å²) in [5, 5.41) is 6.15. The first-order chi connectivity index (χ1) is 8.77. The fourth-order valence-corrected chi connectivity index (χ4v) is 1.53. The van der Waals surface area contributed by atoms with E-state index in [2.05, 4.69) is 43.3 Å². The predicted molar refractivity (Wildman–Crippen MR) is 79.7 cm³/mol. The highest BCUT2D eigenvalue weighted by molar-refractivity contribution is 6.33. The Hall–Kier alpha value is -1.29. The van der Waals surface area contributed by atoms with Crippen molar-refractivity contribution in [3.63, 3.8) is 0 Å². The van der Waals surface area contributed by atoms with Crippen molar-refractivity contribution in [2.45, 2.75) is 27.7 Å². The van der Waals surface area contributed by atoms with Gasteiger partial charge in [0.15, 0.2) is 0 Å². The monoisotopic (exact) mass is 283 g/mol. The van der Waals surface area contributed by atoms with E-state index in [4.69, 9.17) is 11.6 Å². The van der Waals surface area contributed by atoms with Gasteiger partial charge >= 0.3 is 0 Å². The molecule has 0 unspecified atom stereocenters. The van der Waals surface area contributed by atoms with Gasteiger partial charge in [-0.15, -0.1) is 0 Å². The van der Waals surface area contributed by atoms with Gasteiger partial charge in [0.05, 0.1) is 5.02 Å². The number of carbonyl (C=O) groups is 1. The number of nitrogens with one attached hydrogen (secondary N) is 2. The lowest BCUT2D eigenvalue weighted by atomic mass is 9.81. The summed E-state index contributed by atoms with van der Waals surface area (Å²) in [6.07, 6.45) is 0. The Labute approximate surface area is 120 Å². The van der Waals surface area contributed by atoms with Crippen LogP contribution in [0.3, 0.4) is 0 Å². The van der Waals surface area contributed by atoms with Crippen LogP contribution in [0.4, 0.5) is 5.82 Å². The molecule has 19 heavy (non-hydrogen) atoms. The highest BCUT2D eigenvalue weighted by Crippen LogP contribution is 2.25. The van der Waals surface area contributed by atoms with E-state index in [-0.39, 0.29) is 17.0 Å². The maximum absolute atomic E-state index is 12.1. The van der Waals surface area contributed by atoms with Gasteiger partial charge in [0, 0.05) is 13.6 Å². The van der Waals surface area contributed by atoms with Crippen molar-refractivity contribution >= 4 is 23.3 Å². The molecule has 4 nitrogen and oxygen atoms in total. The molecule has 0 radical (unpaired) electrons. The predicted octanol–water partition coefficient (Wildman–Crippen LogP) is 3.19. The zero-order valence-electron chi connectivity index (χ0n) is 12.2. The Morgan fingerprint density at radius 2 is 2.05 bits per heavy atom. The van der Waals surface area contributed by atoms with Gasteiger partial charge in [-0.3, -0.25) is 4.79 Å². The van der Waals surface area contributed by atoms with Gasteiger partial charge in [-0.1, -0.05) is 39.3 Å². The van der Waals surface area contributed by atoms with E-state index in [1.807, 2.05) is 0 Å². The smallest absolute Gasteiger partial charge is 0.271 e. The zero-order valence-corrected chi connectivity index (χ0v) is 12.9. The van der Waals surface area contributed by atoms with E-state index in [0.29, 0.717) is 23.3 Å². The molecule has 2 N–H and O–H groups in total. The highest BCUT2D eigenvalue weighted by Gasteiger charge is 2.24. The van der Waals surface area contributed by atoms with Crippen molar-refractivity contribution in [2.24, 2.45) is 11.3 Å². The minimum absolute atomic E-state index is 0.0305. The largest absolute Gasteiger partial charge is 0.373 e. The lowest BCUT2D eigenvalue weighted by Crippen LogP contribution is -2.37. The summed E-state index contributed by atoms with van der Waals surface area (Å²) in [5.41, 5.74) is 0.288. The molecule has 0 aliphatic carbocycles. The number of nitrogens with zero attached hydrogens (tertiary/aromatic N) is 1. The Bertz CT molecular complexity index is 458.